The van der Waals surface area contributed by atoms with E-state index in [0.717, 1.165) is 65.0 Å². The van der Waals surface area contributed by atoms with Gasteiger partial charge in [0, 0.05) is 29.9 Å². The van der Waals surface area contributed by atoms with Crippen molar-refractivity contribution in [2.75, 3.05) is 18.4 Å². The largest absolute Gasteiger partial charge is 0.336 e. The van der Waals surface area contributed by atoms with Gasteiger partial charge in [-0.05, 0) is 68.2 Å². The molecule has 0 saturated carbocycles. The molecule has 0 aliphatic carbocycles. The van der Waals surface area contributed by atoms with Crippen LogP contribution in [0.15, 0.2) is 73.2 Å². The number of hydrogen-bond donors (Lipinski definition) is 4. The van der Waals surface area contributed by atoms with E-state index >= 15 is 0 Å². The van der Waals surface area contributed by atoms with Gasteiger partial charge in [0.05, 0.1) is 39.8 Å². The van der Waals surface area contributed by atoms with Crippen molar-refractivity contribution >= 4 is 33.7 Å². The summed E-state index contributed by atoms with van der Waals surface area (Å²) in [5, 5.41) is 14.0. The molecule has 0 unspecified atom stereocenters. The zero-order chi connectivity index (χ0) is 26.9. The Morgan fingerprint density at radius 3 is 2.73 bits per heavy atom. The smallest absolute Gasteiger partial charge is 0.224 e. The van der Waals surface area contributed by atoms with Crippen LogP contribution < -0.4 is 10.6 Å². The Hall–Kier alpha value is -4.96. The summed E-state index contributed by atoms with van der Waals surface area (Å²) in [6.45, 7) is 1.94. The number of piperidine rings is 1. The topological polar surface area (TPSA) is 137 Å². The normalized spacial score (nSPS) is 14.1. The summed E-state index contributed by atoms with van der Waals surface area (Å²) in [5.74, 6) is 1.05. The molecule has 0 radical (unpaired) electrons. The number of nitrogens with zero attached hydrogens (tertiary/aromatic N) is 5. The van der Waals surface area contributed by atoms with E-state index in [1.807, 2.05) is 54.6 Å². The van der Waals surface area contributed by atoms with E-state index in [9.17, 15) is 4.79 Å². The molecule has 1 fully saturated rings. The third kappa shape index (κ3) is 4.69. The molecule has 1 aliphatic heterocycles. The molecule has 0 bridgehead atoms. The summed E-state index contributed by atoms with van der Waals surface area (Å²) >= 11 is 0. The summed E-state index contributed by atoms with van der Waals surface area (Å²) in [7, 11) is 0. The van der Waals surface area contributed by atoms with Gasteiger partial charge >= 0.3 is 0 Å². The number of carbonyl (C=O) groups excluding carboxylic acids is 1. The third-order valence-electron chi connectivity index (χ3n) is 7.34. The Kier molecular flexibility index (Phi) is 6.21. The molecule has 10 nitrogen and oxygen atoms in total. The van der Waals surface area contributed by atoms with Crippen molar-refractivity contribution in [3.8, 4) is 34.0 Å². The number of nitrogens with one attached hydrogen (secondary N) is 4. The standard InChI is InChI=1S/C30H27N9O/c40-26(14-18-9-12-31-13-10-18)34-20-15-19(16-32-17-20)22-7-8-25-28(35-22)29(39-38-25)30-36-24-6-3-4-21(27(24)37-30)23-5-1-2-11-33-23/h1-8,11,15-18,31H,9-10,12-14H2,(H,34,40)(H,36,37)(H,38,39). The summed E-state index contributed by atoms with van der Waals surface area (Å²) in [5.41, 5.74) is 7.80. The Labute approximate surface area is 229 Å². The molecular weight excluding hydrogens is 502 g/mol. The van der Waals surface area contributed by atoms with Crippen molar-refractivity contribution in [1.29, 1.82) is 0 Å². The van der Waals surface area contributed by atoms with Gasteiger partial charge in [-0.3, -0.25) is 19.9 Å². The van der Waals surface area contributed by atoms with Crippen molar-refractivity contribution < 1.29 is 4.79 Å². The van der Waals surface area contributed by atoms with Crippen LogP contribution >= 0.6 is 0 Å². The lowest BCUT2D eigenvalue weighted by molar-refractivity contribution is -0.117. The average Bonchev–Trinajstić information content (AvgIpc) is 3.62. The third-order valence-corrected chi connectivity index (χ3v) is 7.34. The van der Waals surface area contributed by atoms with Gasteiger partial charge in [0.2, 0.25) is 5.91 Å². The number of hydrogen-bond acceptors (Lipinski definition) is 7. The molecule has 7 rings (SSSR count). The summed E-state index contributed by atoms with van der Waals surface area (Å²) in [6.07, 6.45) is 7.76. The van der Waals surface area contributed by atoms with Crippen LogP contribution in [-0.4, -0.2) is 54.1 Å². The predicted molar refractivity (Wildman–Crippen MR) is 154 cm³/mol. The number of rotatable bonds is 6. The molecule has 6 heterocycles. The minimum Gasteiger partial charge on any atom is -0.336 e. The molecule has 1 amide bonds. The van der Waals surface area contributed by atoms with Crippen LogP contribution in [0, 0.1) is 5.92 Å². The van der Waals surface area contributed by atoms with Crippen LogP contribution in [0.3, 0.4) is 0 Å². The van der Waals surface area contributed by atoms with E-state index in [2.05, 4.69) is 35.8 Å². The zero-order valence-corrected chi connectivity index (χ0v) is 21.7. The van der Waals surface area contributed by atoms with E-state index in [-0.39, 0.29) is 5.91 Å². The average molecular weight is 530 g/mol. The summed E-state index contributed by atoms with van der Waals surface area (Å²) in [4.78, 5) is 34.7. The quantitative estimate of drug-likeness (QED) is 0.239. The van der Waals surface area contributed by atoms with E-state index in [1.54, 1.807) is 18.6 Å². The number of aromatic amines is 2. The van der Waals surface area contributed by atoms with Gasteiger partial charge in [0.1, 0.15) is 5.52 Å². The summed E-state index contributed by atoms with van der Waals surface area (Å²) < 4.78 is 0. The van der Waals surface area contributed by atoms with E-state index < -0.39 is 0 Å². The van der Waals surface area contributed by atoms with E-state index in [1.165, 1.54) is 0 Å². The van der Waals surface area contributed by atoms with E-state index in [4.69, 9.17) is 9.97 Å². The molecule has 5 aromatic heterocycles. The van der Waals surface area contributed by atoms with Gasteiger partial charge < -0.3 is 15.6 Å². The highest BCUT2D eigenvalue weighted by Crippen LogP contribution is 2.31. The Bertz CT molecular complexity index is 1820. The maximum absolute atomic E-state index is 12.7. The first-order valence-electron chi connectivity index (χ1n) is 13.4. The minimum absolute atomic E-state index is 0.0151. The molecule has 4 N–H and O–H groups in total. The molecule has 0 atom stereocenters. The fraction of sp³-hybridized carbons (Fsp3) is 0.200. The van der Waals surface area contributed by atoms with Gasteiger partial charge in [0.25, 0.3) is 0 Å². The molecule has 0 spiro atoms. The number of anilines is 1. The Morgan fingerprint density at radius 2 is 1.85 bits per heavy atom. The molecule has 1 aliphatic rings. The maximum Gasteiger partial charge on any atom is 0.224 e. The van der Waals surface area contributed by atoms with Crippen molar-refractivity contribution in [2.24, 2.45) is 5.92 Å². The number of H-pyrrole nitrogens is 2. The fourth-order valence-corrected chi connectivity index (χ4v) is 5.31. The van der Waals surface area contributed by atoms with Gasteiger partial charge in [-0.25, -0.2) is 9.97 Å². The second-order valence-corrected chi connectivity index (χ2v) is 10.1. The number of para-hydroxylation sites is 1. The summed E-state index contributed by atoms with van der Waals surface area (Å²) in [6, 6.07) is 17.6. The molecule has 1 aromatic carbocycles. The number of pyridine rings is 3. The van der Waals surface area contributed by atoms with E-state index in [0.29, 0.717) is 35.1 Å². The molecule has 198 valence electrons. The van der Waals surface area contributed by atoms with Crippen molar-refractivity contribution in [3.05, 3.63) is 73.2 Å². The second kappa shape index (κ2) is 10.3. The van der Waals surface area contributed by atoms with Crippen molar-refractivity contribution in [3.63, 3.8) is 0 Å². The lowest BCUT2D eigenvalue weighted by Crippen LogP contribution is -2.30. The number of fused-ring (bicyclic) bond motifs is 2. The molecule has 1 saturated heterocycles. The highest BCUT2D eigenvalue weighted by molar-refractivity contribution is 5.96. The first kappa shape index (κ1) is 24.1. The van der Waals surface area contributed by atoms with Gasteiger partial charge in [0.15, 0.2) is 11.5 Å². The SMILES string of the molecule is O=C(CC1CCNCC1)Nc1cncc(-c2ccc3[nH]nc(-c4nc5c(-c6ccccn6)cccc5[nH]4)c3n2)c1. The number of amides is 1. The van der Waals surface area contributed by atoms with Crippen LogP contribution in [0.4, 0.5) is 5.69 Å². The maximum atomic E-state index is 12.7. The van der Waals surface area contributed by atoms with Crippen LogP contribution in [0.2, 0.25) is 0 Å². The number of benzene rings is 1. The Morgan fingerprint density at radius 1 is 0.925 bits per heavy atom. The first-order valence-corrected chi connectivity index (χ1v) is 13.4. The van der Waals surface area contributed by atoms with Crippen molar-refractivity contribution in [1.82, 2.24) is 40.4 Å². The number of carbonyl (C=O) groups is 1. The van der Waals surface area contributed by atoms with Crippen LogP contribution in [0.25, 0.3) is 56.1 Å². The molecule has 10 heteroatoms. The molecule has 40 heavy (non-hydrogen) atoms. The monoisotopic (exact) mass is 529 g/mol. The van der Waals surface area contributed by atoms with Crippen LogP contribution in [0.5, 0.6) is 0 Å². The fourth-order valence-electron chi connectivity index (χ4n) is 5.31. The molecule has 6 aromatic rings. The zero-order valence-electron chi connectivity index (χ0n) is 21.7. The van der Waals surface area contributed by atoms with Crippen molar-refractivity contribution in [2.45, 2.75) is 19.3 Å². The molecular formula is C30H27N9O. The van der Waals surface area contributed by atoms with Gasteiger partial charge in [-0.15, -0.1) is 0 Å². The highest BCUT2D eigenvalue weighted by atomic mass is 16.1. The first-order chi connectivity index (χ1) is 19.7. The number of aromatic nitrogens is 7. The van der Waals surface area contributed by atoms with Crippen LogP contribution in [-0.2, 0) is 4.79 Å². The Balaban J connectivity index is 1.19. The highest BCUT2D eigenvalue weighted by Gasteiger charge is 2.19. The minimum atomic E-state index is 0.0151. The lowest BCUT2D eigenvalue weighted by atomic mass is 9.94. The van der Waals surface area contributed by atoms with Gasteiger partial charge in [-0.2, -0.15) is 5.10 Å². The lowest BCUT2D eigenvalue weighted by Gasteiger charge is -2.21. The van der Waals surface area contributed by atoms with Crippen LogP contribution in [0.1, 0.15) is 19.3 Å². The predicted octanol–water partition coefficient (Wildman–Crippen LogP) is 4.95. The number of imidazole rings is 1. The second-order valence-electron chi connectivity index (χ2n) is 10.1. The van der Waals surface area contributed by atoms with Gasteiger partial charge in [-0.1, -0.05) is 18.2 Å².